The van der Waals surface area contributed by atoms with Crippen LogP contribution in [0.1, 0.15) is 24.9 Å². The van der Waals surface area contributed by atoms with Crippen molar-refractivity contribution in [2.24, 2.45) is 0 Å². The zero-order valence-electron chi connectivity index (χ0n) is 11.5. The molecule has 0 fully saturated rings. The molecule has 0 bridgehead atoms. The van der Waals surface area contributed by atoms with Gasteiger partial charge in [-0.25, -0.2) is 0 Å². The lowest BCUT2D eigenvalue weighted by Gasteiger charge is -2.32. The summed E-state index contributed by atoms with van der Waals surface area (Å²) in [6.07, 6.45) is 1.33. The summed E-state index contributed by atoms with van der Waals surface area (Å²) in [4.78, 5) is 1.25. The highest BCUT2D eigenvalue weighted by Crippen LogP contribution is 2.38. The van der Waals surface area contributed by atoms with E-state index in [-0.39, 0.29) is 12.1 Å². The molecule has 1 N–H and O–H groups in total. The van der Waals surface area contributed by atoms with Gasteiger partial charge >= 0.3 is 0 Å². The maximum absolute atomic E-state index is 6.24. The second kappa shape index (κ2) is 6.66. The molecule has 3 rings (SSSR count). The molecule has 20 heavy (non-hydrogen) atoms. The van der Waals surface area contributed by atoms with Crippen molar-refractivity contribution in [1.82, 2.24) is 5.32 Å². The van der Waals surface area contributed by atoms with Crippen LogP contribution in [0.15, 0.2) is 46.0 Å². The van der Waals surface area contributed by atoms with Gasteiger partial charge in [0.1, 0.15) is 11.9 Å². The molecule has 2 heterocycles. The van der Waals surface area contributed by atoms with E-state index in [2.05, 4.69) is 47.3 Å². The van der Waals surface area contributed by atoms with Gasteiger partial charge in [0.15, 0.2) is 0 Å². The number of hydrogen-bond acceptors (Lipinski definition) is 4. The van der Waals surface area contributed by atoms with E-state index in [1.807, 2.05) is 17.8 Å². The van der Waals surface area contributed by atoms with Crippen molar-refractivity contribution >= 4 is 23.1 Å². The Hall–Kier alpha value is -0.970. The van der Waals surface area contributed by atoms with Crippen LogP contribution in [-0.2, 0) is 0 Å². The van der Waals surface area contributed by atoms with Crippen LogP contribution in [0.2, 0.25) is 0 Å². The first-order chi connectivity index (χ1) is 9.88. The van der Waals surface area contributed by atoms with E-state index in [1.54, 1.807) is 11.3 Å². The van der Waals surface area contributed by atoms with Crippen molar-refractivity contribution in [1.29, 1.82) is 0 Å². The Labute approximate surface area is 128 Å². The first kappa shape index (κ1) is 14.0. The zero-order chi connectivity index (χ0) is 13.8. The Bertz CT molecular complexity index is 541. The van der Waals surface area contributed by atoms with E-state index < -0.39 is 0 Å². The molecule has 2 nitrogen and oxygen atoms in total. The molecule has 1 aliphatic rings. The molecule has 1 aromatic heterocycles. The third kappa shape index (κ3) is 3.03. The Morgan fingerprint density at radius 2 is 2.25 bits per heavy atom. The molecule has 1 aromatic carbocycles. The number of fused-ring (bicyclic) bond motifs is 1. The fourth-order valence-corrected chi connectivity index (χ4v) is 4.15. The van der Waals surface area contributed by atoms with Crippen molar-refractivity contribution < 1.29 is 4.74 Å². The third-order valence-corrected chi connectivity index (χ3v) is 5.26. The van der Waals surface area contributed by atoms with Crippen LogP contribution in [0.3, 0.4) is 0 Å². The Balaban J connectivity index is 1.79. The maximum atomic E-state index is 6.24. The number of benzene rings is 1. The Morgan fingerprint density at radius 1 is 1.35 bits per heavy atom. The summed E-state index contributed by atoms with van der Waals surface area (Å²) in [5.74, 6) is 2.01. The molecule has 2 atom stereocenters. The summed E-state index contributed by atoms with van der Waals surface area (Å²) in [7, 11) is 0. The van der Waals surface area contributed by atoms with Crippen LogP contribution in [-0.4, -0.2) is 18.4 Å². The van der Waals surface area contributed by atoms with E-state index >= 15 is 0 Å². The summed E-state index contributed by atoms with van der Waals surface area (Å²) in [6, 6.07) is 10.8. The predicted octanol–water partition coefficient (Wildman–Crippen LogP) is 4.34. The van der Waals surface area contributed by atoms with Crippen LogP contribution in [0, 0.1) is 0 Å². The lowest BCUT2D eigenvalue weighted by Crippen LogP contribution is -2.39. The third-order valence-electron chi connectivity index (χ3n) is 3.42. The average molecular weight is 305 g/mol. The normalized spacial score (nSPS) is 19.1. The number of hydrogen-bond donors (Lipinski definition) is 1. The van der Waals surface area contributed by atoms with Gasteiger partial charge < -0.3 is 10.1 Å². The fourth-order valence-electron chi connectivity index (χ4n) is 2.42. The lowest BCUT2D eigenvalue weighted by molar-refractivity contribution is 0.166. The fraction of sp³-hybridized carbons (Fsp3) is 0.375. The zero-order valence-corrected chi connectivity index (χ0v) is 13.2. The summed E-state index contributed by atoms with van der Waals surface area (Å²) >= 11 is 3.64. The molecular weight excluding hydrogens is 286 g/mol. The first-order valence-corrected chi connectivity index (χ1v) is 8.95. The van der Waals surface area contributed by atoms with Gasteiger partial charge in [-0.3, -0.25) is 0 Å². The quantitative estimate of drug-likeness (QED) is 0.888. The molecule has 2 unspecified atom stereocenters. The molecule has 0 aliphatic carbocycles. The van der Waals surface area contributed by atoms with Gasteiger partial charge in [0.2, 0.25) is 0 Å². The van der Waals surface area contributed by atoms with Gasteiger partial charge in [-0.15, -0.1) is 11.8 Å². The monoisotopic (exact) mass is 305 g/mol. The van der Waals surface area contributed by atoms with Crippen LogP contribution in [0.4, 0.5) is 0 Å². The minimum Gasteiger partial charge on any atom is -0.486 e. The van der Waals surface area contributed by atoms with E-state index in [0.29, 0.717) is 0 Å². The second-order valence-corrected chi connectivity index (χ2v) is 6.74. The van der Waals surface area contributed by atoms with Gasteiger partial charge in [0, 0.05) is 10.6 Å². The molecule has 106 valence electrons. The summed E-state index contributed by atoms with van der Waals surface area (Å²) in [6.45, 7) is 3.22. The number of rotatable bonds is 5. The predicted molar refractivity (Wildman–Crippen MR) is 86.9 cm³/mol. The van der Waals surface area contributed by atoms with E-state index in [4.69, 9.17) is 4.74 Å². The van der Waals surface area contributed by atoms with E-state index in [0.717, 1.165) is 24.5 Å². The van der Waals surface area contributed by atoms with Gasteiger partial charge in [0.05, 0.1) is 6.04 Å². The second-order valence-electron chi connectivity index (χ2n) is 4.90. The average Bonchev–Trinajstić information content (AvgIpc) is 3.02. The number of thiophene rings is 1. The van der Waals surface area contributed by atoms with Gasteiger partial charge in [-0.1, -0.05) is 19.1 Å². The largest absolute Gasteiger partial charge is 0.486 e. The minimum absolute atomic E-state index is 0.191. The molecule has 1 aliphatic heterocycles. The smallest absolute Gasteiger partial charge is 0.133 e. The molecule has 4 heteroatoms. The van der Waals surface area contributed by atoms with Crippen LogP contribution >= 0.6 is 23.1 Å². The van der Waals surface area contributed by atoms with Crippen molar-refractivity contribution in [2.75, 3.05) is 12.3 Å². The lowest BCUT2D eigenvalue weighted by atomic mass is 10.1. The number of thioether (sulfide) groups is 1. The summed E-state index contributed by atoms with van der Waals surface area (Å²) in [5.41, 5.74) is 1.34. The summed E-state index contributed by atoms with van der Waals surface area (Å²) in [5, 5.41) is 8.00. The first-order valence-electron chi connectivity index (χ1n) is 7.02. The number of nitrogens with one attached hydrogen (secondary N) is 1. The van der Waals surface area contributed by atoms with Crippen LogP contribution < -0.4 is 10.1 Å². The highest BCUT2D eigenvalue weighted by Gasteiger charge is 2.29. The topological polar surface area (TPSA) is 21.3 Å². The van der Waals surface area contributed by atoms with Gasteiger partial charge in [-0.05, 0) is 47.5 Å². The van der Waals surface area contributed by atoms with Crippen molar-refractivity contribution in [3.05, 3.63) is 46.7 Å². The molecule has 0 amide bonds. The molecular formula is C16H19NOS2. The van der Waals surface area contributed by atoms with Crippen LogP contribution in [0.5, 0.6) is 5.75 Å². The highest BCUT2D eigenvalue weighted by molar-refractivity contribution is 7.99. The standard InChI is InChI=1S/C16H19NOS2/c1-2-8-17-16(12-7-9-19-10-12)14-11-20-15-6-4-3-5-13(15)18-14/h3-7,9-10,14,16-17H,2,8,11H2,1H3. The van der Waals surface area contributed by atoms with Gasteiger partial charge in [-0.2, -0.15) is 11.3 Å². The molecule has 0 saturated carbocycles. The van der Waals surface area contributed by atoms with Crippen molar-refractivity contribution in [2.45, 2.75) is 30.4 Å². The van der Waals surface area contributed by atoms with Crippen molar-refractivity contribution in [3.8, 4) is 5.75 Å². The number of para-hydroxylation sites is 1. The Morgan fingerprint density at radius 3 is 3.05 bits per heavy atom. The van der Waals surface area contributed by atoms with Gasteiger partial charge in [0.25, 0.3) is 0 Å². The maximum Gasteiger partial charge on any atom is 0.133 e. The SMILES string of the molecule is CCCNC(c1ccsc1)C1CSc2ccccc2O1. The molecule has 0 radical (unpaired) electrons. The molecule has 0 saturated heterocycles. The summed E-state index contributed by atoms with van der Waals surface area (Å²) < 4.78 is 6.24. The van der Waals surface area contributed by atoms with Crippen molar-refractivity contribution in [3.63, 3.8) is 0 Å². The van der Waals surface area contributed by atoms with E-state index in [1.165, 1.54) is 10.5 Å². The van der Waals surface area contributed by atoms with E-state index in [9.17, 15) is 0 Å². The number of ether oxygens (including phenoxy) is 1. The Kier molecular flexibility index (Phi) is 4.65. The van der Waals surface area contributed by atoms with Crippen LogP contribution in [0.25, 0.3) is 0 Å². The highest BCUT2D eigenvalue weighted by atomic mass is 32.2. The minimum atomic E-state index is 0.191. The molecule has 0 spiro atoms. The molecule has 2 aromatic rings.